The van der Waals surface area contributed by atoms with E-state index in [1.165, 1.54) is 18.6 Å². The lowest BCUT2D eigenvalue weighted by molar-refractivity contribution is 0.591. The molecule has 3 aromatic rings. The van der Waals surface area contributed by atoms with Crippen LogP contribution in [-0.4, -0.2) is 36.0 Å². The number of hydrogen-bond acceptors (Lipinski definition) is 8. The zero-order valence-electron chi connectivity index (χ0n) is 15.3. The van der Waals surface area contributed by atoms with Gasteiger partial charge in [-0.25, -0.2) is 19.3 Å². The maximum Gasteiger partial charge on any atom is 0.160 e. The summed E-state index contributed by atoms with van der Waals surface area (Å²) in [6.07, 6.45) is 2.79. The summed E-state index contributed by atoms with van der Waals surface area (Å²) in [7, 11) is -1.22. The summed E-state index contributed by atoms with van der Waals surface area (Å²) in [6, 6.07) is 7.48. The average molecular weight is 409 g/mol. The smallest absolute Gasteiger partial charge is 0.160 e. The molecule has 0 bridgehead atoms. The third-order valence-electron chi connectivity index (χ3n) is 4.66. The molecule has 0 saturated carbocycles. The zero-order chi connectivity index (χ0) is 20.5. The lowest BCUT2D eigenvalue weighted by Crippen LogP contribution is -2.37. The molecule has 0 fully saturated rings. The lowest BCUT2D eigenvalue weighted by Gasteiger charge is -2.24. The maximum atomic E-state index is 14.5. The molecule has 1 aliphatic rings. The van der Waals surface area contributed by atoms with Crippen LogP contribution in [-0.2, 0) is 10.8 Å². The van der Waals surface area contributed by atoms with E-state index in [0.29, 0.717) is 33.7 Å². The number of pyridine rings is 1. The summed E-state index contributed by atoms with van der Waals surface area (Å²) in [4.78, 5) is 16.9. The molecule has 0 radical (unpaired) electrons. The van der Waals surface area contributed by atoms with Gasteiger partial charge in [0.05, 0.1) is 28.1 Å². The number of benzene rings is 1. The predicted octanol–water partition coefficient (Wildman–Crippen LogP) is 2.33. The average Bonchev–Trinajstić information content (AvgIpc) is 2.72. The number of nitrogens with two attached hydrogens (primary N) is 1. The Bertz CT molecular complexity index is 1210. The number of fused-ring (bicyclic) bond motifs is 1. The van der Waals surface area contributed by atoms with Crippen LogP contribution in [0.5, 0.6) is 0 Å². The Balaban J connectivity index is 1.70. The van der Waals surface area contributed by atoms with Gasteiger partial charge in [0, 0.05) is 28.2 Å². The highest BCUT2D eigenvalue weighted by Gasteiger charge is 2.28. The van der Waals surface area contributed by atoms with Crippen LogP contribution in [0.25, 0.3) is 11.0 Å². The van der Waals surface area contributed by atoms with E-state index in [2.05, 4.69) is 25.3 Å². The molecule has 3 N–H and O–H groups in total. The van der Waals surface area contributed by atoms with Gasteiger partial charge in [0.2, 0.25) is 0 Å². The van der Waals surface area contributed by atoms with Gasteiger partial charge >= 0.3 is 0 Å². The Morgan fingerprint density at radius 3 is 2.90 bits per heavy atom. The highest BCUT2D eigenvalue weighted by atomic mass is 32.2. The molecule has 3 unspecified atom stereocenters. The molecule has 1 aromatic carbocycles. The minimum atomic E-state index is -1.22. The highest BCUT2D eigenvalue weighted by Crippen LogP contribution is 2.30. The molecule has 0 amide bonds. The summed E-state index contributed by atoms with van der Waals surface area (Å²) in [5, 5.41) is 11.8. The van der Waals surface area contributed by atoms with Crippen LogP contribution in [0.15, 0.2) is 41.8 Å². The number of aliphatic imine (C=N–C) groups is 1. The van der Waals surface area contributed by atoms with Gasteiger partial charge in [-0.1, -0.05) is 0 Å². The number of nitrogens with one attached hydrogen (secondary N) is 1. The number of rotatable bonds is 3. The first-order chi connectivity index (χ1) is 14.0. The molecule has 10 heteroatoms. The van der Waals surface area contributed by atoms with Crippen LogP contribution in [0.4, 0.5) is 15.9 Å². The topological polar surface area (TPSA) is 130 Å². The summed E-state index contributed by atoms with van der Waals surface area (Å²) in [5.74, 6) is 0.433. The number of hydrogen-bond donors (Lipinski definition) is 2. The molecule has 0 saturated heterocycles. The van der Waals surface area contributed by atoms with E-state index >= 15 is 0 Å². The Morgan fingerprint density at radius 1 is 1.31 bits per heavy atom. The van der Waals surface area contributed by atoms with Gasteiger partial charge in [-0.2, -0.15) is 5.26 Å². The largest absolute Gasteiger partial charge is 0.386 e. The SMILES string of the molecule is CC1C(N)=NC(c2cc(Nc3ncnc4cc(C#N)cnc34)ccc2F)CS1=O. The Hall–Kier alpha value is -3.45. The lowest BCUT2D eigenvalue weighted by atomic mass is 10.1. The summed E-state index contributed by atoms with van der Waals surface area (Å²) >= 11 is 0. The van der Waals surface area contributed by atoms with Crippen LogP contribution in [0.2, 0.25) is 0 Å². The minimum Gasteiger partial charge on any atom is -0.386 e. The van der Waals surface area contributed by atoms with E-state index in [-0.39, 0.29) is 16.8 Å². The van der Waals surface area contributed by atoms with Crippen LogP contribution >= 0.6 is 0 Å². The van der Waals surface area contributed by atoms with Crippen LogP contribution < -0.4 is 11.1 Å². The van der Waals surface area contributed by atoms with Crippen LogP contribution in [0.3, 0.4) is 0 Å². The van der Waals surface area contributed by atoms with Crippen molar-refractivity contribution in [3.8, 4) is 6.07 Å². The molecule has 3 heterocycles. The van der Waals surface area contributed by atoms with Crippen molar-refractivity contribution in [3.63, 3.8) is 0 Å². The summed E-state index contributed by atoms with van der Waals surface area (Å²) in [5.41, 5.74) is 8.11. The predicted molar refractivity (Wildman–Crippen MR) is 109 cm³/mol. The van der Waals surface area contributed by atoms with Crippen LogP contribution in [0.1, 0.15) is 24.1 Å². The third-order valence-corrected chi connectivity index (χ3v) is 6.33. The quantitative estimate of drug-likeness (QED) is 0.679. The van der Waals surface area contributed by atoms with E-state index in [1.54, 1.807) is 25.1 Å². The van der Waals surface area contributed by atoms with Gasteiger partial charge < -0.3 is 11.1 Å². The first-order valence-corrected chi connectivity index (χ1v) is 10.1. The van der Waals surface area contributed by atoms with Crippen molar-refractivity contribution in [2.45, 2.75) is 18.2 Å². The molecular formula is C19H16FN7OS. The van der Waals surface area contributed by atoms with Crippen molar-refractivity contribution in [1.82, 2.24) is 15.0 Å². The van der Waals surface area contributed by atoms with Crippen molar-refractivity contribution in [2.75, 3.05) is 11.1 Å². The number of aromatic nitrogens is 3. The van der Waals surface area contributed by atoms with Crippen molar-refractivity contribution in [1.29, 1.82) is 5.26 Å². The molecule has 8 nitrogen and oxygen atoms in total. The molecule has 3 atom stereocenters. The summed E-state index contributed by atoms with van der Waals surface area (Å²) < 4.78 is 26.7. The second-order valence-electron chi connectivity index (χ2n) is 6.55. The normalized spacial score (nSPS) is 21.4. The van der Waals surface area contributed by atoms with E-state index < -0.39 is 22.7 Å². The van der Waals surface area contributed by atoms with Gasteiger partial charge in [0.15, 0.2) is 5.82 Å². The standard InChI is InChI=1S/C19H16FN7OS/c1-10-18(22)27-16(8-29(10)28)13-5-12(2-3-14(13)20)26-19-17-15(24-9-25-19)4-11(6-21)7-23-17/h2-5,7,9-10,16H,8H2,1H3,(H2,22,27)(H,24,25,26). The molecule has 0 spiro atoms. The summed E-state index contributed by atoms with van der Waals surface area (Å²) in [6.45, 7) is 1.74. The van der Waals surface area contributed by atoms with Gasteiger partial charge in [-0.15, -0.1) is 0 Å². The van der Waals surface area contributed by atoms with E-state index in [1.807, 2.05) is 6.07 Å². The number of halogens is 1. The van der Waals surface area contributed by atoms with Crippen molar-refractivity contribution in [3.05, 3.63) is 53.7 Å². The molecule has 146 valence electrons. The third kappa shape index (κ3) is 3.64. The second-order valence-corrected chi connectivity index (χ2v) is 8.35. The second kappa shape index (κ2) is 7.52. The fraction of sp³-hybridized carbons (Fsp3) is 0.211. The molecule has 29 heavy (non-hydrogen) atoms. The number of anilines is 2. The molecule has 2 aromatic heterocycles. The van der Waals surface area contributed by atoms with Crippen LogP contribution in [0, 0.1) is 17.1 Å². The van der Waals surface area contributed by atoms with Gasteiger partial charge in [0.1, 0.15) is 29.6 Å². The Morgan fingerprint density at radius 2 is 2.14 bits per heavy atom. The Labute approximate surface area is 168 Å². The first-order valence-electron chi connectivity index (χ1n) is 8.74. The van der Waals surface area contributed by atoms with Gasteiger partial charge in [-0.3, -0.25) is 9.20 Å². The highest BCUT2D eigenvalue weighted by molar-refractivity contribution is 7.86. The van der Waals surface area contributed by atoms with E-state index in [9.17, 15) is 8.60 Å². The van der Waals surface area contributed by atoms with E-state index in [4.69, 9.17) is 11.0 Å². The maximum absolute atomic E-state index is 14.5. The van der Waals surface area contributed by atoms with Crippen molar-refractivity contribution < 1.29 is 8.60 Å². The van der Waals surface area contributed by atoms with E-state index in [0.717, 1.165) is 0 Å². The van der Waals surface area contributed by atoms with Crippen molar-refractivity contribution >= 4 is 39.2 Å². The monoisotopic (exact) mass is 409 g/mol. The van der Waals surface area contributed by atoms with Gasteiger partial charge in [-0.05, 0) is 31.2 Å². The molecule has 0 aliphatic carbocycles. The fourth-order valence-corrected chi connectivity index (χ4v) is 4.21. The molecule has 1 aliphatic heterocycles. The van der Waals surface area contributed by atoms with Crippen molar-refractivity contribution in [2.24, 2.45) is 10.7 Å². The first kappa shape index (κ1) is 18.9. The number of nitriles is 1. The zero-order valence-corrected chi connectivity index (χ0v) is 16.2. The number of amidine groups is 1. The molecule has 4 rings (SSSR count). The minimum absolute atomic E-state index is 0.206. The number of nitrogens with zero attached hydrogens (tertiary/aromatic N) is 5. The van der Waals surface area contributed by atoms with Gasteiger partial charge in [0.25, 0.3) is 0 Å². The Kier molecular flexibility index (Phi) is 4.90. The fourth-order valence-electron chi connectivity index (χ4n) is 3.03. The molecular weight excluding hydrogens is 393 g/mol.